The zero-order chi connectivity index (χ0) is 23.8. The van der Waals surface area contributed by atoms with Gasteiger partial charge in [0, 0.05) is 45.0 Å². The largest absolute Gasteiger partial charge is 0.359 e. The van der Waals surface area contributed by atoms with Crippen LogP contribution >= 0.6 is 11.3 Å². The molecule has 0 bridgehead atoms. The number of ether oxygens (including phenoxy) is 1. The average Bonchev–Trinajstić information content (AvgIpc) is 3.58. The normalized spacial score (nSPS) is 20.3. The van der Waals surface area contributed by atoms with E-state index in [0.717, 1.165) is 43.0 Å². The first-order valence-electron chi connectivity index (χ1n) is 11.6. The van der Waals surface area contributed by atoms with E-state index < -0.39 is 6.43 Å². The monoisotopic (exact) mass is 491 g/mol. The topological polar surface area (TPSA) is 91.0 Å². The lowest BCUT2D eigenvalue weighted by atomic mass is 9.91. The number of aryl methyl sites for hydroxylation is 2. The van der Waals surface area contributed by atoms with Gasteiger partial charge in [0.1, 0.15) is 28.4 Å². The van der Waals surface area contributed by atoms with E-state index in [-0.39, 0.29) is 23.6 Å². The average molecular weight is 492 g/mol. The van der Waals surface area contributed by atoms with Gasteiger partial charge in [0.15, 0.2) is 5.78 Å². The first kappa shape index (κ1) is 23.0. The number of fused-ring (bicyclic) bond motifs is 1. The van der Waals surface area contributed by atoms with Crippen LogP contribution in [0.15, 0.2) is 11.6 Å². The molecule has 182 valence electrons. The van der Waals surface area contributed by atoms with Crippen LogP contribution in [0.1, 0.15) is 61.0 Å². The second kappa shape index (κ2) is 9.49. The van der Waals surface area contributed by atoms with E-state index in [9.17, 15) is 13.6 Å². The number of hydrogen-bond acceptors (Lipinski definition) is 8. The zero-order valence-electron chi connectivity index (χ0n) is 19.2. The molecule has 0 saturated carbocycles. The maximum atomic E-state index is 13.3. The summed E-state index contributed by atoms with van der Waals surface area (Å²) in [5.74, 6) is 1.63. The Labute approximate surface area is 199 Å². The van der Waals surface area contributed by atoms with Gasteiger partial charge >= 0.3 is 0 Å². The Hall–Kier alpha value is -2.73. The minimum absolute atomic E-state index is 0.0199. The van der Waals surface area contributed by atoms with Crippen molar-refractivity contribution in [2.45, 2.75) is 58.2 Å². The number of carbonyl (C=O) groups excluding carboxylic acids is 1. The van der Waals surface area contributed by atoms with Gasteiger partial charge < -0.3 is 9.64 Å². The summed E-state index contributed by atoms with van der Waals surface area (Å²) < 4.78 is 35.2. The highest BCUT2D eigenvalue weighted by molar-refractivity contribution is 7.13. The molecule has 0 radical (unpaired) electrons. The predicted octanol–water partition coefficient (Wildman–Crippen LogP) is 3.87. The molecule has 1 unspecified atom stereocenters. The lowest BCUT2D eigenvalue weighted by Crippen LogP contribution is -2.32. The summed E-state index contributed by atoms with van der Waals surface area (Å²) in [6.07, 6.45) is 2.72. The van der Waals surface area contributed by atoms with Crippen molar-refractivity contribution in [2.75, 3.05) is 18.1 Å². The van der Waals surface area contributed by atoms with Gasteiger partial charge in [-0.05, 0) is 32.1 Å². The van der Waals surface area contributed by atoms with Crippen molar-refractivity contribution >= 4 is 23.1 Å². The SMILES string of the molecule is CCO[C@H]1CCCN1c1nc2n(n1)CCC(CC(=O)c1c(-c3nc(C(F)F)cs3)cnn1C)C2. The standard InChI is InChI=1S/C22H27F2N7O2S/c1-3-33-18-5-4-7-30(18)22-27-17-10-13(6-8-31(17)28-22)9-16(32)19-14(11-25-29(19)2)21-26-15(12-34-21)20(23)24/h11-13,18,20H,3-10H2,1-2H3/t13?,18-/m0/s1. The van der Waals surface area contributed by atoms with Crippen molar-refractivity contribution in [1.82, 2.24) is 29.5 Å². The van der Waals surface area contributed by atoms with Gasteiger partial charge in [0.2, 0.25) is 5.95 Å². The Morgan fingerprint density at radius 2 is 2.15 bits per heavy atom. The summed E-state index contributed by atoms with van der Waals surface area (Å²) in [7, 11) is 1.69. The van der Waals surface area contributed by atoms with E-state index in [1.54, 1.807) is 7.05 Å². The quantitative estimate of drug-likeness (QED) is 0.442. The second-order valence-electron chi connectivity index (χ2n) is 8.69. The number of hydrogen-bond donors (Lipinski definition) is 0. The summed E-state index contributed by atoms with van der Waals surface area (Å²) >= 11 is 1.10. The predicted molar refractivity (Wildman–Crippen MR) is 122 cm³/mol. The van der Waals surface area contributed by atoms with Gasteiger partial charge in [-0.1, -0.05) is 0 Å². The van der Waals surface area contributed by atoms with Crippen LogP contribution in [-0.2, 0) is 24.8 Å². The molecule has 0 spiro atoms. The van der Waals surface area contributed by atoms with E-state index in [1.807, 2.05) is 11.6 Å². The lowest BCUT2D eigenvalue weighted by molar-refractivity contribution is 0.0697. The number of thiazole rings is 1. The number of halogens is 2. The number of carbonyl (C=O) groups is 1. The molecule has 12 heteroatoms. The molecule has 5 heterocycles. The molecule has 5 rings (SSSR count). The number of anilines is 1. The molecular weight excluding hydrogens is 464 g/mol. The van der Waals surface area contributed by atoms with Gasteiger partial charge in [-0.3, -0.25) is 9.48 Å². The van der Waals surface area contributed by atoms with E-state index >= 15 is 0 Å². The number of alkyl halides is 2. The van der Waals surface area contributed by atoms with Crippen LogP contribution in [0.2, 0.25) is 0 Å². The Kier molecular flexibility index (Phi) is 6.43. The molecule has 34 heavy (non-hydrogen) atoms. The fourth-order valence-corrected chi connectivity index (χ4v) is 5.60. The maximum absolute atomic E-state index is 13.3. The fraction of sp³-hybridized carbons (Fsp3) is 0.591. The van der Waals surface area contributed by atoms with Crippen LogP contribution in [-0.4, -0.2) is 54.7 Å². The molecule has 1 fully saturated rings. The summed E-state index contributed by atoms with van der Waals surface area (Å²) in [6, 6.07) is 0. The molecule has 2 atom stereocenters. The van der Waals surface area contributed by atoms with E-state index in [0.29, 0.717) is 48.2 Å². The molecule has 0 aliphatic carbocycles. The van der Waals surface area contributed by atoms with E-state index in [1.165, 1.54) is 16.3 Å². The number of aromatic nitrogens is 6. The van der Waals surface area contributed by atoms with Crippen molar-refractivity contribution < 1.29 is 18.3 Å². The third kappa shape index (κ3) is 4.36. The van der Waals surface area contributed by atoms with Crippen LogP contribution in [0.25, 0.3) is 10.6 Å². The molecule has 2 aliphatic rings. The highest BCUT2D eigenvalue weighted by Gasteiger charge is 2.32. The van der Waals surface area contributed by atoms with Crippen LogP contribution < -0.4 is 4.90 Å². The molecule has 0 amide bonds. The van der Waals surface area contributed by atoms with Crippen LogP contribution in [0.4, 0.5) is 14.7 Å². The Bertz CT molecular complexity index is 1170. The minimum atomic E-state index is -2.64. The molecular formula is C22H27F2N7O2S. The molecule has 3 aromatic rings. The minimum Gasteiger partial charge on any atom is -0.359 e. The second-order valence-corrected chi connectivity index (χ2v) is 9.55. The highest BCUT2D eigenvalue weighted by atomic mass is 32.1. The third-order valence-corrected chi connectivity index (χ3v) is 7.32. The number of nitrogens with zero attached hydrogens (tertiary/aromatic N) is 7. The Balaban J connectivity index is 1.29. The fourth-order valence-electron chi connectivity index (χ4n) is 4.78. The molecule has 2 aliphatic heterocycles. The smallest absolute Gasteiger partial charge is 0.281 e. The van der Waals surface area contributed by atoms with Gasteiger partial charge in [-0.15, -0.1) is 16.4 Å². The van der Waals surface area contributed by atoms with E-state index in [4.69, 9.17) is 14.8 Å². The van der Waals surface area contributed by atoms with Crippen LogP contribution in [0, 0.1) is 5.92 Å². The van der Waals surface area contributed by atoms with Gasteiger partial charge in [-0.2, -0.15) is 10.1 Å². The lowest BCUT2D eigenvalue weighted by Gasteiger charge is -2.22. The molecule has 0 aromatic carbocycles. The first-order valence-corrected chi connectivity index (χ1v) is 12.4. The zero-order valence-corrected chi connectivity index (χ0v) is 20.0. The summed E-state index contributed by atoms with van der Waals surface area (Å²) in [5.41, 5.74) is 0.621. The number of rotatable bonds is 8. The summed E-state index contributed by atoms with van der Waals surface area (Å²) in [6.45, 7) is 4.22. The Morgan fingerprint density at radius 1 is 1.29 bits per heavy atom. The van der Waals surface area contributed by atoms with Crippen LogP contribution in [0.3, 0.4) is 0 Å². The van der Waals surface area contributed by atoms with Gasteiger partial charge in [-0.25, -0.2) is 18.4 Å². The number of ketones is 1. The van der Waals surface area contributed by atoms with Crippen molar-refractivity contribution in [1.29, 1.82) is 0 Å². The van der Waals surface area contributed by atoms with Crippen molar-refractivity contribution in [3.8, 4) is 10.6 Å². The first-order chi connectivity index (χ1) is 16.4. The molecule has 0 N–H and O–H groups in total. The van der Waals surface area contributed by atoms with E-state index in [2.05, 4.69) is 15.0 Å². The Morgan fingerprint density at radius 3 is 2.91 bits per heavy atom. The molecule has 9 nitrogen and oxygen atoms in total. The third-order valence-electron chi connectivity index (χ3n) is 6.42. The van der Waals surface area contributed by atoms with Crippen molar-refractivity contribution in [3.05, 3.63) is 28.8 Å². The van der Waals surface area contributed by atoms with Gasteiger partial charge in [0.05, 0.1) is 11.8 Å². The summed E-state index contributed by atoms with van der Waals surface area (Å²) in [5, 5.41) is 10.6. The number of Topliss-reactive ketones (excluding diaryl/α,β-unsaturated/α-hetero) is 1. The van der Waals surface area contributed by atoms with Crippen molar-refractivity contribution in [2.24, 2.45) is 13.0 Å². The van der Waals surface area contributed by atoms with Crippen molar-refractivity contribution in [3.63, 3.8) is 0 Å². The highest BCUT2D eigenvalue weighted by Crippen LogP contribution is 2.33. The molecule has 3 aromatic heterocycles. The summed E-state index contributed by atoms with van der Waals surface area (Å²) in [4.78, 5) is 24.2. The maximum Gasteiger partial charge on any atom is 0.281 e. The van der Waals surface area contributed by atoms with Crippen LogP contribution in [0.5, 0.6) is 0 Å². The molecule has 1 saturated heterocycles. The van der Waals surface area contributed by atoms with Gasteiger partial charge in [0.25, 0.3) is 6.43 Å².